The summed E-state index contributed by atoms with van der Waals surface area (Å²) >= 11 is 1.68. The summed E-state index contributed by atoms with van der Waals surface area (Å²) in [7, 11) is 0. The van der Waals surface area contributed by atoms with Gasteiger partial charge in [0, 0.05) is 18.2 Å². The smallest absolute Gasteiger partial charge is 0.112 e. The van der Waals surface area contributed by atoms with Crippen LogP contribution in [0.4, 0.5) is 0 Å². The van der Waals surface area contributed by atoms with E-state index < -0.39 is 0 Å². The second-order valence-corrected chi connectivity index (χ2v) is 4.42. The van der Waals surface area contributed by atoms with E-state index >= 15 is 0 Å². The minimum absolute atomic E-state index is 0.0384. The lowest BCUT2D eigenvalue weighted by molar-refractivity contribution is 0.269. The highest BCUT2D eigenvalue weighted by molar-refractivity contribution is 7.09. The minimum atomic E-state index is -0.0384. The summed E-state index contributed by atoms with van der Waals surface area (Å²) in [5.74, 6) is 0. The molecule has 3 nitrogen and oxygen atoms in total. The molecule has 0 aliphatic carbocycles. The van der Waals surface area contributed by atoms with Gasteiger partial charge < -0.3 is 10.4 Å². The maximum Gasteiger partial charge on any atom is 0.112 e. The molecule has 0 radical (unpaired) electrons. The third kappa shape index (κ3) is 2.77. The highest BCUT2D eigenvalue weighted by atomic mass is 32.1. The van der Waals surface area contributed by atoms with Gasteiger partial charge in [-0.2, -0.15) is 0 Å². The number of nitrogens with one attached hydrogen (secondary N) is 1. The number of aromatic nitrogens is 1. The third-order valence-electron chi connectivity index (χ3n) is 2.46. The predicted octanol–water partition coefficient (Wildman–Crippen LogP) is 1.74. The summed E-state index contributed by atoms with van der Waals surface area (Å²) in [6, 6.07) is 0. The molecule has 1 unspecified atom stereocenters. The van der Waals surface area contributed by atoms with Crippen LogP contribution in [-0.4, -0.2) is 23.2 Å². The molecule has 14 heavy (non-hydrogen) atoms. The SMILES string of the molecule is CCC(C)(NCCCO)c1nccs1. The lowest BCUT2D eigenvalue weighted by Gasteiger charge is -2.27. The van der Waals surface area contributed by atoms with Crippen molar-refractivity contribution in [1.29, 1.82) is 0 Å². The third-order valence-corrected chi connectivity index (χ3v) is 3.50. The van der Waals surface area contributed by atoms with Crippen molar-refractivity contribution in [3.05, 3.63) is 16.6 Å². The topological polar surface area (TPSA) is 45.1 Å². The zero-order chi connectivity index (χ0) is 10.4. The van der Waals surface area contributed by atoms with Crippen LogP contribution >= 0.6 is 11.3 Å². The van der Waals surface area contributed by atoms with Gasteiger partial charge in [-0.05, 0) is 26.3 Å². The van der Waals surface area contributed by atoms with Gasteiger partial charge in [-0.15, -0.1) is 11.3 Å². The van der Waals surface area contributed by atoms with Gasteiger partial charge in [0.1, 0.15) is 5.01 Å². The predicted molar refractivity (Wildman–Crippen MR) is 59.5 cm³/mol. The number of aliphatic hydroxyl groups is 1. The normalized spacial score (nSPS) is 15.4. The van der Waals surface area contributed by atoms with Crippen LogP contribution in [0.3, 0.4) is 0 Å². The number of aliphatic hydroxyl groups excluding tert-OH is 1. The molecule has 1 aromatic rings. The molecule has 2 N–H and O–H groups in total. The first-order valence-corrected chi connectivity index (χ1v) is 5.87. The summed E-state index contributed by atoms with van der Waals surface area (Å²) in [5, 5.41) is 15.3. The van der Waals surface area contributed by atoms with E-state index in [1.165, 1.54) is 0 Å². The molecule has 0 aromatic carbocycles. The maximum atomic E-state index is 8.71. The number of hydrogen-bond donors (Lipinski definition) is 2. The first-order chi connectivity index (χ1) is 6.73. The highest BCUT2D eigenvalue weighted by Gasteiger charge is 2.25. The molecule has 0 bridgehead atoms. The molecule has 1 heterocycles. The Bertz CT molecular complexity index is 251. The standard InChI is InChI=1S/C10H18N2OS/c1-3-10(2,12-5-4-7-13)9-11-6-8-14-9/h6,8,12-13H,3-5,7H2,1-2H3. The Labute approximate surface area is 89.2 Å². The first-order valence-electron chi connectivity index (χ1n) is 4.99. The van der Waals surface area contributed by atoms with Crippen LogP contribution in [0.25, 0.3) is 0 Å². The van der Waals surface area contributed by atoms with E-state index in [0.29, 0.717) is 0 Å². The fraction of sp³-hybridized carbons (Fsp3) is 0.700. The molecule has 1 atom stereocenters. The average molecular weight is 214 g/mol. The Hall–Kier alpha value is -0.450. The summed E-state index contributed by atoms with van der Waals surface area (Å²) in [5.41, 5.74) is -0.0384. The monoisotopic (exact) mass is 214 g/mol. The zero-order valence-electron chi connectivity index (χ0n) is 8.79. The number of rotatable bonds is 6. The Balaban J connectivity index is 2.57. The highest BCUT2D eigenvalue weighted by Crippen LogP contribution is 2.25. The number of nitrogens with zero attached hydrogens (tertiary/aromatic N) is 1. The zero-order valence-corrected chi connectivity index (χ0v) is 9.60. The molecule has 0 amide bonds. The van der Waals surface area contributed by atoms with Crippen molar-refractivity contribution in [3.63, 3.8) is 0 Å². The molecular weight excluding hydrogens is 196 g/mol. The van der Waals surface area contributed by atoms with E-state index in [1.807, 2.05) is 11.6 Å². The van der Waals surface area contributed by atoms with Gasteiger partial charge >= 0.3 is 0 Å². The number of hydrogen-bond acceptors (Lipinski definition) is 4. The van der Waals surface area contributed by atoms with E-state index in [1.54, 1.807) is 11.3 Å². The molecule has 0 aliphatic heterocycles. The molecule has 0 spiro atoms. The van der Waals surface area contributed by atoms with Crippen molar-refractivity contribution >= 4 is 11.3 Å². The summed E-state index contributed by atoms with van der Waals surface area (Å²) in [4.78, 5) is 4.33. The first kappa shape index (κ1) is 11.6. The molecular formula is C10H18N2OS. The van der Waals surface area contributed by atoms with E-state index in [2.05, 4.69) is 24.1 Å². The van der Waals surface area contributed by atoms with Crippen LogP contribution in [0.1, 0.15) is 31.7 Å². The van der Waals surface area contributed by atoms with Crippen LogP contribution in [0.5, 0.6) is 0 Å². The molecule has 0 fully saturated rings. The molecule has 0 saturated heterocycles. The van der Waals surface area contributed by atoms with Gasteiger partial charge in [0.05, 0.1) is 5.54 Å². The average Bonchev–Trinajstić information content (AvgIpc) is 2.71. The van der Waals surface area contributed by atoms with E-state index in [9.17, 15) is 0 Å². The van der Waals surface area contributed by atoms with Crippen molar-refractivity contribution in [2.45, 2.75) is 32.2 Å². The molecule has 1 rings (SSSR count). The Morgan fingerprint density at radius 1 is 1.64 bits per heavy atom. The van der Waals surface area contributed by atoms with Crippen molar-refractivity contribution < 1.29 is 5.11 Å². The lowest BCUT2D eigenvalue weighted by atomic mass is 10.00. The second-order valence-electron chi connectivity index (χ2n) is 3.53. The van der Waals surface area contributed by atoms with Gasteiger partial charge in [0.15, 0.2) is 0 Å². The molecule has 1 aromatic heterocycles. The summed E-state index contributed by atoms with van der Waals surface area (Å²) in [6.07, 6.45) is 3.63. The lowest BCUT2D eigenvalue weighted by Crippen LogP contribution is -2.39. The summed E-state index contributed by atoms with van der Waals surface area (Å²) in [6.45, 7) is 5.38. The Morgan fingerprint density at radius 3 is 2.93 bits per heavy atom. The number of thiazole rings is 1. The largest absolute Gasteiger partial charge is 0.396 e. The van der Waals surface area contributed by atoms with Crippen LogP contribution in [-0.2, 0) is 5.54 Å². The second kappa shape index (κ2) is 5.44. The van der Waals surface area contributed by atoms with Gasteiger partial charge in [-0.1, -0.05) is 6.92 Å². The van der Waals surface area contributed by atoms with Gasteiger partial charge in [-0.25, -0.2) is 4.98 Å². The minimum Gasteiger partial charge on any atom is -0.396 e. The van der Waals surface area contributed by atoms with Crippen LogP contribution < -0.4 is 5.32 Å². The van der Waals surface area contributed by atoms with Crippen molar-refractivity contribution in [2.75, 3.05) is 13.2 Å². The van der Waals surface area contributed by atoms with E-state index in [4.69, 9.17) is 5.11 Å². The molecule has 4 heteroatoms. The van der Waals surface area contributed by atoms with Gasteiger partial charge in [-0.3, -0.25) is 0 Å². The summed E-state index contributed by atoms with van der Waals surface area (Å²) < 4.78 is 0. The van der Waals surface area contributed by atoms with Crippen molar-refractivity contribution in [2.24, 2.45) is 0 Å². The fourth-order valence-electron chi connectivity index (χ4n) is 1.29. The quantitative estimate of drug-likeness (QED) is 0.709. The van der Waals surface area contributed by atoms with Crippen LogP contribution in [0.2, 0.25) is 0 Å². The van der Waals surface area contributed by atoms with Crippen LogP contribution in [0.15, 0.2) is 11.6 Å². The van der Waals surface area contributed by atoms with Crippen molar-refractivity contribution in [3.8, 4) is 0 Å². The van der Waals surface area contributed by atoms with E-state index in [-0.39, 0.29) is 12.1 Å². The van der Waals surface area contributed by atoms with E-state index in [0.717, 1.165) is 24.4 Å². The molecule has 0 saturated carbocycles. The molecule has 0 aliphatic rings. The van der Waals surface area contributed by atoms with Crippen molar-refractivity contribution in [1.82, 2.24) is 10.3 Å². The Kier molecular flexibility index (Phi) is 4.51. The van der Waals surface area contributed by atoms with Gasteiger partial charge in [0.2, 0.25) is 0 Å². The maximum absolute atomic E-state index is 8.71. The molecule has 80 valence electrons. The van der Waals surface area contributed by atoms with Gasteiger partial charge in [0.25, 0.3) is 0 Å². The fourth-order valence-corrected chi connectivity index (χ4v) is 2.14. The van der Waals surface area contributed by atoms with Crippen LogP contribution in [0, 0.1) is 0 Å². The Morgan fingerprint density at radius 2 is 2.43 bits per heavy atom.